The predicted octanol–water partition coefficient (Wildman–Crippen LogP) is 6.64. The molecule has 0 aromatic heterocycles. The van der Waals surface area contributed by atoms with E-state index >= 15 is 0 Å². The van der Waals surface area contributed by atoms with E-state index in [1.54, 1.807) is 11.1 Å². The molecule has 0 amide bonds. The van der Waals surface area contributed by atoms with Crippen molar-refractivity contribution in [3.8, 4) is 0 Å². The normalized spacial score (nSPS) is 17.4. The van der Waals surface area contributed by atoms with Crippen LogP contribution in [0.3, 0.4) is 0 Å². The molecule has 0 radical (unpaired) electrons. The molecule has 0 bridgehead atoms. The smallest absolute Gasteiger partial charge is 0.0156 e. The molecule has 0 spiro atoms. The van der Waals surface area contributed by atoms with Crippen molar-refractivity contribution in [2.45, 2.75) is 89.9 Å². The van der Waals surface area contributed by atoms with E-state index in [9.17, 15) is 0 Å². The number of hydrogen-bond acceptors (Lipinski definition) is 0. The molecule has 1 atom stereocenters. The van der Waals surface area contributed by atoms with E-state index in [-0.39, 0.29) is 0 Å². The third kappa shape index (κ3) is 4.96. The van der Waals surface area contributed by atoms with Crippen LogP contribution in [0, 0.1) is 0 Å². The summed E-state index contributed by atoms with van der Waals surface area (Å²) < 4.78 is 0. The molecule has 1 aromatic carbocycles. The summed E-state index contributed by atoms with van der Waals surface area (Å²) in [5.41, 5.74) is 3.28. The minimum Gasteiger partial charge on any atom is -0.0654 e. The molecule has 1 aliphatic carbocycles. The van der Waals surface area contributed by atoms with Crippen LogP contribution in [0.25, 0.3) is 0 Å². The molecule has 0 saturated carbocycles. The fourth-order valence-electron chi connectivity index (χ4n) is 3.65. The SMILES string of the molecule is CCCCCCCCCCCC1CCc2ccccc21. The Labute approximate surface area is 126 Å². The summed E-state index contributed by atoms with van der Waals surface area (Å²) in [6.07, 6.45) is 17.1. The van der Waals surface area contributed by atoms with Crippen molar-refractivity contribution in [1.82, 2.24) is 0 Å². The van der Waals surface area contributed by atoms with Crippen LogP contribution in [0.2, 0.25) is 0 Å². The average Bonchev–Trinajstić information content (AvgIpc) is 2.89. The molecule has 0 aliphatic heterocycles. The number of aryl methyl sites for hydroxylation is 1. The first-order chi connectivity index (χ1) is 9.92. The highest BCUT2D eigenvalue weighted by Crippen LogP contribution is 2.36. The lowest BCUT2D eigenvalue weighted by Gasteiger charge is -2.11. The fraction of sp³-hybridized carbons (Fsp3) is 0.700. The Bertz CT molecular complexity index is 366. The van der Waals surface area contributed by atoms with Gasteiger partial charge in [-0.15, -0.1) is 0 Å². The Kier molecular flexibility index (Phi) is 7.19. The predicted molar refractivity (Wildman–Crippen MR) is 89.3 cm³/mol. The zero-order valence-electron chi connectivity index (χ0n) is 13.4. The van der Waals surface area contributed by atoms with Crippen LogP contribution in [-0.4, -0.2) is 0 Å². The van der Waals surface area contributed by atoms with Gasteiger partial charge in [0.25, 0.3) is 0 Å². The Balaban J connectivity index is 1.50. The zero-order chi connectivity index (χ0) is 14.0. The van der Waals surface area contributed by atoms with Crippen molar-refractivity contribution in [1.29, 1.82) is 0 Å². The van der Waals surface area contributed by atoms with Crippen molar-refractivity contribution < 1.29 is 0 Å². The summed E-state index contributed by atoms with van der Waals surface area (Å²) in [5, 5.41) is 0. The monoisotopic (exact) mass is 272 g/mol. The Morgan fingerprint density at radius 2 is 1.50 bits per heavy atom. The number of benzene rings is 1. The highest BCUT2D eigenvalue weighted by molar-refractivity contribution is 5.34. The zero-order valence-corrected chi connectivity index (χ0v) is 13.4. The molecule has 0 nitrogen and oxygen atoms in total. The molecule has 112 valence electrons. The first-order valence-electron chi connectivity index (χ1n) is 8.99. The average molecular weight is 272 g/mol. The number of hydrogen-bond donors (Lipinski definition) is 0. The van der Waals surface area contributed by atoms with Gasteiger partial charge in [0, 0.05) is 0 Å². The van der Waals surface area contributed by atoms with E-state index in [4.69, 9.17) is 0 Å². The highest BCUT2D eigenvalue weighted by atomic mass is 14.3. The van der Waals surface area contributed by atoms with E-state index < -0.39 is 0 Å². The standard InChI is InChI=1S/C20H32/c1-2-3-4-5-6-7-8-9-10-13-18-16-17-19-14-11-12-15-20(18)19/h11-12,14-15,18H,2-10,13,16-17H2,1H3. The second kappa shape index (κ2) is 9.21. The molecule has 0 saturated heterocycles. The van der Waals surface area contributed by atoms with Crippen molar-refractivity contribution in [3.63, 3.8) is 0 Å². The third-order valence-electron chi connectivity index (χ3n) is 4.91. The Morgan fingerprint density at radius 3 is 2.25 bits per heavy atom. The van der Waals surface area contributed by atoms with Gasteiger partial charge in [0.15, 0.2) is 0 Å². The summed E-state index contributed by atoms with van der Waals surface area (Å²) in [6, 6.07) is 9.10. The second-order valence-corrected chi connectivity index (χ2v) is 6.55. The minimum atomic E-state index is 0.871. The Morgan fingerprint density at radius 1 is 0.850 bits per heavy atom. The van der Waals surface area contributed by atoms with E-state index in [2.05, 4.69) is 31.2 Å². The van der Waals surface area contributed by atoms with Gasteiger partial charge in [-0.1, -0.05) is 89.0 Å². The molecule has 0 fully saturated rings. The van der Waals surface area contributed by atoms with Crippen LogP contribution >= 0.6 is 0 Å². The number of rotatable bonds is 10. The largest absolute Gasteiger partial charge is 0.0654 e. The van der Waals surface area contributed by atoms with E-state index in [1.165, 1.54) is 77.0 Å². The van der Waals surface area contributed by atoms with Gasteiger partial charge in [0.2, 0.25) is 0 Å². The van der Waals surface area contributed by atoms with Gasteiger partial charge >= 0.3 is 0 Å². The minimum absolute atomic E-state index is 0.871. The maximum absolute atomic E-state index is 2.36. The van der Waals surface area contributed by atoms with Gasteiger partial charge in [-0.05, 0) is 36.3 Å². The first-order valence-corrected chi connectivity index (χ1v) is 8.99. The van der Waals surface area contributed by atoms with Crippen LogP contribution in [0.1, 0.15) is 94.6 Å². The van der Waals surface area contributed by atoms with Crippen LogP contribution in [0.4, 0.5) is 0 Å². The van der Waals surface area contributed by atoms with Gasteiger partial charge in [-0.25, -0.2) is 0 Å². The summed E-state index contributed by atoms with van der Waals surface area (Å²) in [4.78, 5) is 0. The molecule has 1 unspecified atom stereocenters. The molecule has 2 rings (SSSR count). The molecule has 0 heterocycles. The summed E-state index contributed by atoms with van der Waals surface area (Å²) in [7, 11) is 0. The number of fused-ring (bicyclic) bond motifs is 1. The highest BCUT2D eigenvalue weighted by Gasteiger charge is 2.20. The maximum Gasteiger partial charge on any atom is -0.0156 e. The van der Waals surface area contributed by atoms with Gasteiger partial charge in [0.1, 0.15) is 0 Å². The molecule has 0 N–H and O–H groups in total. The van der Waals surface area contributed by atoms with Crippen molar-refractivity contribution in [2.24, 2.45) is 0 Å². The second-order valence-electron chi connectivity index (χ2n) is 6.55. The van der Waals surface area contributed by atoms with Crippen molar-refractivity contribution in [2.75, 3.05) is 0 Å². The van der Waals surface area contributed by atoms with Gasteiger partial charge < -0.3 is 0 Å². The van der Waals surface area contributed by atoms with E-state index in [0.717, 1.165) is 5.92 Å². The third-order valence-corrected chi connectivity index (χ3v) is 4.91. The first kappa shape index (κ1) is 15.6. The summed E-state index contributed by atoms with van der Waals surface area (Å²) in [6.45, 7) is 2.29. The lowest BCUT2D eigenvalue weighted by molar-refractivity contribution is 0.524. The van der Waals surface area contributed by atoms with Crippen LogP contribution in [-0.2, 0) is 6.42 Å². The molecule has 1 aliphatic rings. The van der Waals surface area contributed by atoms with Crippen LogP contribution < -0.4 is 0 Å². The molecule has 20 heavy (non-hydrogen) atoms. The van der Waals surface area contributed by atoms with Crippen LogP contribution in [0.5, 0.6) is 0 Å². The summed E-state index contributed by atoms with van der Waals surface area (Å²) in [5.74, 6) is 0.871. The molecular formula is C20H32. The lowest BCUT2D eigenvalue weighted by Crippen LogP contribution is -1.93. The molecule has 1 aromatic rings. The Hall–Kier alpha value is -0.780. The van der Waals surface area contributed by atoms with Crippen molar-refractivity contribution in [3.05, 3.63) is 35.4 Å². The van der Waals surface area contributed by atoms with Gasteiger partial charge in [0.05, 0.1) is 0 Å². The maximum atomic E-state index is 2.36. The lowest BCUT2D eigenvalue weighted by atomic mass is 9.94. The van der Waals surface area contributed by atoms with Gasteiger partial charge in [-0.3, -0.25) is 0 Å². The topological polar surface area (TPSA) is 0 Å². The fourth-order valence-corrected chi connectivity index (χ4v) is 3.65. The van der Waals surface area contributed by atoms with Crippen molar-refractivity contribution >= 4 is 0 Å². The quantitative estimate of drug-likeness (QED) is 0.419. The molecular weight excluding hydrogens is 240 g/mol. The van der Waals surface area contributed by atoms with E-state index in [0.29, 0.717) is 0 Å². The number of unbranched alkanes of at least 4 members (excludes halogenated alkanes) is 8. The summed E-state index contributed by atoms with van der Waals surface area (Å²) >= 11 is 0. The van der Waals surface area contributed by atoms with Crippen LogP contribution in [0.15, 0.2) is 24.3 Å². The van der Waals surface area contributed by atoms with Gasteiger partial charge in [-0.2, -0.15) is 0 Å². The molecule has 0 heteroatoms. The van der Waals surface area contributed by atoms with E-state index in [1.807, 2.05) is 0 Å².